The first-order valence-electron chi connectivity index (χ1n) is 16.1. The Hall–Kier alpha value is -3.79. The van der Waals surface area contributed by atoms with Crippen LogP contribution in [-0.4, -0.2) is 117 Å². The van der Waals surface area contributed by atoms with Crippen molar-refractivity contribution in [1.29, 1.82) is 0 Å². The summed E-state index contributed by atoms with van der Waals surface area (Å²) in [6.07, 6.45) is -12.9. The van der Waals surface area contributed by atoms with Crippen LogP contribution < -0.4 is 27.8 Å². The molecule has 2 fully saturated rings. The van der Waals surface area contributed by atoms with Crippen molar-refractivity contribution in [3.63, 3.8) is 0 Å². The van der Waals surface area contributed by atoms with Gasteiger partial charge >= 0.3 is 48.6 Å². The van der Waals surface area contributed by atoms with E-state index in [2.05, 4.69) is 27.3 Å². The minimum atomic E-state index is -6.33. The Morgan fingerprint density at radius 3 is 1.66 bits per heavy atom. The molecule has 0 saturated carbocycles. The fraction of sp³-hybridized carbons (Fsp3) is 0.423. The van der Waals surface area contributed by atoms with Gasteiger partial charge in [0.15, 0.2) is 18.6 Å². The SMILES string of the molecule is CNc1ccccc1C(=O)O[C@H]1[C@@H](O)[C@H](COP(=O)(O)OP(=O)(O)OP(=O)(O)OP(=O)(O)OC[C@H]2O[C@@H](n3ccc(=O)[nH]c3=O)[C@H](O)[C@@H]2O)O[C@@H]1n1ccc(=O)[nH]c1=O. The number of ether oxygens (including phenoxy) is 3. The number of aliphatic hydroxyl groups is 3. The van der Waals surface area contributed by atoms with Crippen LogP contribution in [0.5, 0.6) is 0 Å². The molecular weight excluding hydrogens is 890 g/mol. The number of carbonyl (C=O) groups is 1. The Labute approximate surface area is 326 Å². The molecule has 326 valence electrons. The smallest absolute Gasteiger partial charge is 0.451 e. The molecule has 5 rings (SSSR count). The highest BCUT2D eigenvalue weighted by Crippen LogP contribution is 2.71. The van der Waals surface area contributed by atoms with Crippen LogP contribution in [0, 0.1) is 0 Å². The molecule has 12 atom stereocenters. The quantitative estimate of drug-likeness (QED) is 0.0503. The topological polar surface area (TPSA) is 423 Å². The highest BCUT2D eigenvalue weighted by molar-refractivity contribution is 7.69. The second-order valence-electron chi connectivity index (χ2n) is 12.0. The lowest BCUT2D eigenvalue weighted by Gasteiger charge is -2.22. The third kappa shape index (κ3) is 11.5. The number of esters is 1. The molecule has 0 aliphatic carbocycles. The van der Waals surface area contributed by atoms with E-state index in [1.807, 2.05) is 9.97 Å². The van der Waals surface area contributed by atoms with Crippen LogP contribution >= 0.6 is 31.3 Å². The molecular formula is C26H33N5O24P4. The van der Waals surface area contributed by atoms with E-state index in [1.54, 1.807) is 6.07 Å². The number of phosphoric acid groups is 4. The number of anilines is 1. The van der Waals surface area contributed by atoms with Gasteiger partial charge in [-0.25, -0.2) is 32.6 Å². The molecule has 2 aliphatic heterocycles. The predicted octanol–water partition coefficient (Wildman–Crippen LogP) is -2.28. The summed E-state index contributed by atoms with van der Waals surface area (Å²) in [6.45, 7) is -2.51. The molecule has 2 saturated heterocycles. The number of H-pyrrole nitrogens is 2. The zero-order chi connectivity index (χ0) is 43.7. The molecule has 0 amide bonds. The number of aromatic amines is 2. The average molecular weight is 923 g/mol. The largest absolute Gasteiger partial charge is 0.490 e. The van der Waals surface area contributed by atoms with Crippen molar-refractivity contribution in [2.45, 2.75) is 49.1 Å². The summed E-state index contributed by atoms with van der Waals surface area (Å²) in [4.78, 5) is 104. The minimum Gasteiger partial charge on any atom is -0.451 e. The van der Waals surface area contributed by atoms with E-state index in [-0.39, 0.29) is 11.3 Å². The van der Waals surface area contributed by atoms with Gasteiger partial charge in [-0.2, -0.15) is 12.9 Å². The molecule has 1 aromatic carbocycles. The zero-order valence-electron chi connectivity index (χ0n) is 29.4. The maximum absolute atomic E-state index is 13.1. The second-order valence-corrected chi connectivity index (χ2v) is 18.2. The highest BCUT2D eigenvalue weighted by atomic mass is 31.3. The molecule has 4 unspecified atom stereocenters. The van der Waals surface area contributed by atoms with Crippen LogP contribution in [0.1, 0.15) is 22.8 Å². The highest BCUT2D eigenvalue weighted by Gasteiger charge is 2.51. The van der Waals surface area contributed by atoms with Gasteiger partial charge in [0.05, 0.1) is 18.8 Å². The van der Waals surface area contributed by atoms with Gasteiger partial charge in [-0.05, 0) is 12.1 Å². The van der Waals surface area contributed by atoms with Gasteiger partial charge in [0, 0.05) is 37.3 Å². The number of aliphatic hydroxyl groups excluding tert-OH is 3. The molecule has 33 heteroatoms. The van der Waals surface area contributed by atoms with E-state index in [0.29, 0.717) is 9.13 Å². The van der Waals surface area contributed by atoms with Crippen LogP contribution in [0.15, 0.2) is 68.0 Å². The van der Waals surface area contributed by atoms with Crippen molar-refractivity contribution in [1.82, 2.24) is 19.1 Å². The molecule has 10 N–H and O–H groups in total. The zero-order valence-corrected chi connectivity index (χ0v) is 33.0. The molecule has 4 heterocycles. The van der Waals surface area contributed by atoms with E-state index in [1.165, 1.54) is 25.2 Å². The standard InChI is InChI=1S/C26H33N5O24P4/c1-27-13-5-3-2-4-12(13)24(37)52-21-19(35)15(51-23(21)31-9-7-17(33)29-26(31)39)11-49-57(42,43)54-59(46,47)55-58(44,45)53-56(40,41)48-10-14-18(34)20(36)22(50-14)30-8-6-16(32)28-25(30)38/h2-9,14-15,18-23,27,34-36H,10-11H2,1H3,(H,40,41)(H,42,43)(H,44,45)(H,46,47)(H,28,32,38)(H,29,33,39)/t14-,15+,18-,19+,20-,21+,22-,23+/m1/s1. The van der Waals surface area contributed by atoms with Gasteiger partial charge in [0.25, 0.3) is 11.1 Å². The first-order valence-corrected chi connectivity index (χ1v) is 22.1. The summed E-state index contributed by atoms with van der Waals surface area (Å²) in [5.41, 5.74) is -3.64. The molecule has 0 radical (unpaired) electrons. The van der Waals surface area contributed by atoms with Gasteiger partial charge in [-0.3, -0.25) is 37.7 Å². The van der Waals surface area contributed by atoms with E-state index in [4.69, 9.17) is 14.2 Å². The lowest BCUT2D eigenvalue weighted by atomic mass is 10.1. The van der Waals surface area contributed by atoms with Crippen LogP contribution in [0.4, 0.5) is 5.69 Å². The van der Waals surface area contributed by atoms with Crippen LogP contribution in [0.3, 0.4) is 0 Å². The Morgan fingerprint density at radius 1 is 0.695 bits per heavy atom. The number of hydrogen-bond acceptors (Lipinski definition) is 21. The third-order valence-corrected chi connectivity index (χ3v) is 13.9. The van der Waals surface area contributed by atoms with E-state index >= 15 is 0 Å². The molecule has 3 aromatic rings. The normalized spacial score (nSPS) is 28.5. The molecule has 2 aliphatic rings. The summed E-state index contributed by atoms with van der Waals surface area (Å²) >= 11 is 0. The van der Waals surface area contributed by atoms with Gasteiger partial charge < -0.3 is 54.4 Å². The number of nitrogens with zero attached hydrogens (tertiary/aromatic N) is 2. The summed E-state index contributed by atoms with van der Waals surface area (Å²) in [7, 11) is -23.0. The number of nitrogens with one attached hydrogen (secondary N) is 3. The fourth-order valence-electron chi connectivity index (χ4n) is 5.43. The number of benzene rings is 1. The van der Waals surface area contributed by atoms with Crippen molar-refractivity contribution in [2.24, 2.45) is 0 Å². The Kier molecular flexibility index (Phi) is 14.2. The van der Waals surface area contributed by atoms with Gasteiger partial charge in [0.2, 0.25) is 0 Å². The summed E-state index contributed by atoms with van der Waals surface area (Å²) in [5.74, 6) is -1.06. The lowest BCUT2D eigenvalue weighted by Crippen LogP contribution is -2.40. The second kappa shape index (κ2) is 18.1. The summed E-state index contributed by atoms with van der Waals surface area (Å²) in [5, 5.41) is 34.3. The first kappa shape index (κ1) is 46.3. The predicted molar refractivity (Wildman–Crippen MR) is 188 cm³/mol. The van der Waals surface area contributed by atoms with E-state index in [0.717, 1.165) is 24.5 Å². The van der Waals surface area contributed by atoms with E-state index < -0.39 is 122 Å². The minimum absolute atomic E-state index is 0.0476. The monoisotopic (exact) mass is 923 g/mol. The lowest BCUT2D eigenvalue weighted by molar-refractivity contribution is -0.0596. The molecule has 2 aromatic heterocycles. The number of rotatable bonds is 17. The Bertz CT molecular complexity index is 2470. The third-order valence-electron chi connectivity index (χ3n) is 7.98. The molecule has 0 spiro atoms. The van der Waals surface area contributed by atoms with E-state index in [9.17, 15) is 77.1 Å². The van der Waals surface area contributed by atoms with Crippen molar-refractivity contribution < 1.29 is 94.1 Å². The van der Waals surface area contributed by atoms with Crippen molar-refractivity contribution in [2.75, 3.05) is 25.6 Å². The maximum Gasteiger partial charge on any atom is 0.490 e. The van der Waals surface area contributed by atoms with Crippen molar-refractivity contribution in [3.05, 3.63) is 96.0 Å². The van der Waals surface area contributed by atoms with Gasteiger partial charge in [-0.15, -0.1) is 0 Å². The van der Waals surface area contributed by atoms with Crippen LogP contribution in [-0.2, 0) is 54.5 Å². The number of hydrogen-bond donors (Lipinski definition) is 10. The summed E-state index contributed by atoms with van der Waals surface area (Å²) in [6, 6.07) is 7.64. The Morgan fingerprint density at radius 2 is 1.15 bits per heavy atom. The molecule has 0 bridgehead atoms. The summed E-state index contributed by atoms with van der Waals surface area (Å²) < 4.78 is 87.9. The number of para-hydroxylation sites is 1. The Balaban J connectivity index is 1.20. The maximum atomic E-state index is 13.1. The first-order chi connectivity index (χ1) is 27.4. The number of carbonyl (C=O) groups excluding carboxylic acids is 1. The van der Waals surface area contributed by atoms with Crippen molar-refractivity contribution >= 4 is 42.9 Å². The van der Waals surface area contributed by atoms with Crippen LogP contribution in [0.25, 0.3) is 0 Å². The number of aromatic nitrogens is 4. The average Bonchev–Trinajstić information content (AvgIpc) is 3.58. The number of phosphoric ester groups is 2. The molecule has 29 nitrogen and oxygen atoms in total. The molecule has 59 heavy (non-hydrogen) atoms. The van der Waals surface area contributed by atoms with Crippen LogP contribution in [0.2, 0.25) is 0 Å². The van der Waals surface area contributed by atoms with Gasteiger partial charge in [-0.1, -0.05) is 12.1 Å². The van der Waals surface area contributed by atoms with Gasteiger partial charge in [0.1, 0.15) is 30.5 Å². The fourth-order valence-corrected chi connectivity index (χ4v) is 10.4. The van der Waals surface area contributed by atoms with Crippen molar-refractivity contribution in [3.8, 4) is 0 Å².